The molecule has 3 rings (SSSR count). The van der Waals surface area contributed by atoms with E-state index >= 15 is 0 Å². The summed E-state index contributed by atoms with van der Waals surface area (Å²) in [7, 11) is 1.01. The van der Waals surface area contributed by atoms with Crippen LogP contribution in [-0.2, 0) is 14.8 Å². The van der Waals surface area contributed by atoms with E-state index in [0.717, 1.165) is 5.56 Å². The summed E-state index contributed by atoms with van der Waals surface area (Å²) in [6.07, 6.45) is 2.29. The Morgan fingerprint density at radius 1 is 1.03 bits per heavy atom. The zero-order chi connectivity index (χ0) is 24.0. The highest BCUT2D eigenvalue weighted by molar-refractivity contribution is 7.89. The molecule has 0 radical (unpaired) electrons. The normalized spacial score (nSPS) is 15.4. The number of nitrogens with one attached hydrogen (secondary N) is 1. The van der Waals surface area contributed by atoms with E-state index in [2.05, 4.69) is 10.5 Å². The SMILES string of the molecule is COc1cc(OC)c(/C=N\NC(=O)C2CCN(S(=O)(=O)c3ccc(C)cc3)CC2)c(OC)c1. The lowest BCUT2D eigenvalue weighted by Crippen LogP contribution is -2.42. The minimum absolute atomic E-state index is 0.259. The number of hydrazone groups is 1. The van der Waals surface area contributed by atoms with E-state index in [1.165, 1.54) is 24.7 Å². The number of hydrogen-bond acceptors (Lipinski definition) is 7. The molecule has 1 aliphatic rings. The van der Waals surface area contributed by atoms with Gasteiger partial charge >= 0.3 is 0 Å². The number of aryl methyl sites for hydroxylation is 1. The summed E-state index contributed by atoms with van der Waals surface area (Å²) in [5, 5.41) is 4.06. The predicted octanol–water partition coefficient (Wildman–Crippen LogP) is 2.57. The van der Waals surface area contributed by atoms with Crippen molar-refractivity contribution in [1.82, 2.24) is 9.73 Å². The largest absolute Gasteiger partial charge is 0.496 e. The number of ether oxygens (including phenoxy) is 3. The summed E-state index contributed by atoms with van der Waals surface area (Å²) >= 11 is 0. The van der Waals surface area contributed by atoms with Crippen molar-refractivity contribution in [2.45, 2.75) is 24.7 Å². The molecule has 0 saturated carbocycles. The van der Waals surface area contributed by atoms with Crippen molar-refractivity contribution in [2.75, 3.05) is 34.4 Å². The smallest absolute Gasteiger partial charge is 0.243 e. The van der Waals surface area contributed by atoms with Crippen LogP contribution in [0.3, 0.4) is 0 Å². The van der Waals surface area contributed by atoms with Gasteiger partial charge in [-0.05, 0) is 31.9 Å². The van der Waals surface area contributed by atoms with Gasteiger partial charge in [-0.25, -0.2) is 13.8 Å². The average Bonchev–Trinajstić information content (AvgIpc) is 2.84. The highest BCUT2D eigenvalue weighted by atomic mass is 32.2. The van der Waals surface area contributed by atoms with Crippen LogP contribution in [-0.4, -0.2) is 59.3 Å². The molecular weight excluding hydrogens is 446 g/mol. The first-order chi connectivity index (χ1) is 15.8. The van der Waals surface area contributed by atoms with Crippen molar-refractivity contribution in [1.29, 1.82) is 0 Å². The molecule has 2 aromatic carbocycles. The Bertz CT molecular complexity index is 1080. The van der Waals surface area contributed by atoms with Gasteiger partial charge in [0.05, 0.1) is 38.0 Å². The predicted molar refractivity (Wildman–Crippen MR) is 124 cm³/mol. The minimum atomic E-state index is -3.57. The monoisotopic (exact) mass is 475 g/mol. The van der Waals surface area contributed by atoms with E-state index in [1.54, 1.807) is 43.5 Å². The third-order valence-electron chi connectivity index (χ3n) is 5.61. The van der Waals surface area contributed by atoms with Crippen LogP contribution in [0.1, 0.15) is 24.0 Å². The lowest BCUT2D eigenvalue weighted by Gasteiger charge is -2.30. The second-order valence-corrected chi connectivity index (χ2v) is 9.61. The average molecular weight is 476 g/mol. The molecule has 1 heterocycles. The van der Waals surface area contributed by atoms with Gasteiger partial charge in [-0.1, -0.05) is 17.7 Å². The highest BCUT2D eigenvalue weighted by Crippen LogP contribution is 2.32. The van der Waals surface area contributed by atoms with Crippen LogP contribution in [0.25, 0.3) is 0 Å². The third-order valence-corrected chi connectivity index (χ3v) is 7.52. The number of carbonyl (C=O) groups excluding carboxylic acids is 1. The van der Waals surface area contributed by atoms with Gasteiger partial charge in [-0.3, -0.25) is 4.79 Å². The number of benzene rings is 2. The second kappa shape index (κ2) is 10.7. The molecule has 1 aliphatic heterocycles. The van der Waals surface area contributed by atoms with Crippen molar-refractivity contribution in [3.05, 3.63) is 47.5 Å². The molecule has 33 heavy (non-hydrogen) atoms. The number of carbonyl (C=O) groups is 1. The summed E-state index contributed by atoms with van der Waals surface area (Å²) in [6.45, 7) is 2.46. The minimum Gasteiger partial charge on any atom is -0.496 e. The molecule has 0 atom stereocenters. The Labute approximate surface area is 194 Å². The molecule has 2 aromatic rings. The standard InChI is InChI=1S/C23H29N3O6S/c1-16-5-7-19(8-6-16)33(28,29)26-11-9-17(10-12-26)23(27)25-24-15-20-21(31-3)13-18(30-2)14-22(20)32-4/h5-8,13-15,17H,9-12H2,1-4H3,(H,25,27)/b24-15-. The van der Waals surface area contributed by atoms with Crippen LogP contribution in [0.15, 0.2) is 46.4 Å². The fourth-order valence-corrected chi connectivity index (χ4v) is 5.10. The summed E-state index contributed by atoms with van der Waals surface area (Å²) in [5.41, 5.74) is 4.09. The summed E-state index contributed by atoms with van der Waals surface area (Å²) < 4.78 is 43.1. The molecule has 1 N–H and O–H groups in total. The molecule has 1 fully saturated rings. The second-order valence-electron chi connectivity index (χ2n) is 7.67. The highest BCUT2D eigenvalue weighted by Gasteiger charge is 2.32. The van der Waals surface area contributed by atoms with E-state index in [9.17, 15) is 13.2 Å². The van der Waals surface area contributed by atoms with Crippen LogP contribution in [0.2, 0.25) is 0 Å². The molecule has 0 aliphatic carbocycles. The molecule has 1 saturated heterocycles. The molecule has 1 amide bonds. The fraction of sp³-hybridized carbons (Fsp3) is 0.391. The van der Waals surface area contributed by atoms with Gasteiger partial charge in [-0.15, -0.1) is 0 Å². The maximum atomic E-state index is 12.8. The Hall–Kier alpha value is -3.11. The summed E-state index contributed by atoms with van der Waals surface area (Å²) in [5.74, 6) is 0.950. The number of methoxy groups -OCH3 is 3. The molecular formula is C23H29N3O6S. The van der Waals surface area contributed by atoms with E-state index in [0.29, 0.717) is 35.7 Å². The Balaban J connectivity index is 1.61. The maximum absolute atomic E-state index is 12.8. The van der Waals surface area contributed by atoms with Crippen molar-refractivity contribution in [3.63, 3.8) is 0 Å². The molecule has 0 aromatic heterocycles. The van der Waals surface area contributed by atoms with Gasteiger partial charge in [0.2, 0.25) is 15.9 Å². The quantitative estimate of drug-likeness (QED) is 0.465. The first-order valence-electron chi connectivity index (χ1n) is 10.5. The number of amides is 1. The zero-order valence-electron chi connectivity index (χ0n) is 19.2. The van der Waals surface area contributed by atoms with Crippen LogP contribution in [0.5, 0.6) is 17.2 Å². The first-order valence-corrected chi connectivity index (χ1v) is 11.9. The van der Waals surface area contributed by atoms with E-state index < -0.39 is 10.0 Å². The number of piperidine rings is 1. The number of hydrogen-bond donors (Lipinski definition) is 1. The Kier molecular flexibility index (Phi) is 7.93. The maximum Gasteiger partial charge on any atom is 0.243 e. The van der Waals surface area contributed by atoms with Crippen LogP contribution >= 0.6 is 0 Å². The van der Waals surface area contributed by atoms with Gasteiger partial charge < -0.3 is 14.2 Å². The molecule has 0 bridgehead atoms. The van der Waals surface area contributed by atoms with Gasteiger partial charge in [-0.2, -0.15) is 9.41 Å². The molecule has 10 heteroatoms. The number of sulfonamides is 1. The molecule has 0 spiro atoms. The van der Waals surface area contributed by atoms with Gasteiger partial charge in [0.25, 0.3) is 0 Å². The van der Waals surface area contributed by atoms with Crippen molar-refractivity contribution in [2.24, 2.45) is 11.0 Å². The van der Waals surface area contributed by atoms with Gasteiger partial charge in [0.1, 0.15) is 17.2 Å². The molecule has 9 nitrogen and oxygen atoms in total. The topological polar surface area (TPSA) is 107 Å². The lowest BCUT2D eigenvalue weighted by atomic mass is 9.98. The van der Waals surface area contributed by atoms with Gasteiger partial charge in [0, 0.05) is 31.1 Å². The van der Waals surface area contributed by atoms with Crippen LogP contribution in [0.4, 0.5) is 0 Å². The number of nitrogens with zero attached hydrogens (tertiary/aromatic N) is 2. The third kappa shape index (κ3) is 5.63. The first kappa shape index (κ1) is 24.5. The Morgan fingerprint density at radius 3 is 2.12 bits per heavy atom. The molecule has 0 unspecified atom stereocenters. The van der Waals surface area contributed by atoms with Crippen LogP contribution < -0.4 is 19.6 Å². The van der Waals surface area contributed by atoms with Gasteiger partial charge in [0.15, 0.2) is 0 Å². The van der Waals surface area contributed by atoms with Crippen molar-refractivity contribution in [3.8, 4) is 17.2 Å². The Morgan fingerprint density at radius 2 is 1.61 bits per heavy atom. The fourth-order valence-electron chi connectivity index (χ4n) is 3.63. The van der Waals surface area contributed by atoms with E-state index in [-0.39, 0.29) is 29.8 Å². The van der Waals surface area contributed by atoms with Crippen molar-refractivity contribution < 1.29 is 27.4 Å². The van der Waals surface area contributed by atoms with E-state index in [1.807, 2.05) is 6.92 Å². The summed E-state index contributed by atoms with van der Waals surface area (Å²) in [4.78, 5) is 12.9. The van der Waals surface area contributed by atoms with Crippen LogP contribution in [0, 0.1) is 12.8 Å². The number of rotatable bonds is 8. The molecule has 178 valence electrons. The lowest BCUT2D eigenvalue weighted by molar-refractivity contribution is -0.126. The summed E-state index contributed by atoms with van der Waals surface area (Å²) in [6, 6.07) is 10.2. The van der Waals surface area contributed by atoms with E-state index in [4.69, 9.17) is 14.2 Å². The van der Waals surface area contributed by atoms with Crippen molar-refractivity contribution >= 4 is 22.1 Å². The zero-order valence-corrected chi connectivity index (χ0v) is 20.0.